The summed E-state index contributed by atoms with van der Waals surface area (Å²) in [5.74, 6) is 1.37. The van der Waals surface area contributed by atoms with E-state index in [-0.39, 0.29) is 5.56 Å². The Morgan fingerprint density at radius 3 is 2.33 bits per heavy atom. The minimum Gasteiger partial charge on any atom is -0.497 e. The van der Waals surface area contributed by atoms with Crippen LogP contribution in [0.25, 0.3) is 10.9 Å². The number of hydrogen-bond donors (Lipinski definition) is 1. The van der Waals surface area contributed by atoms with Crippen LogP contribution in [-0.2, 0) is 24.4 Å². The van der Waals surface area contributed by atoms with Crippen LogP contribution in [0.1, 0.15) is 39.7 Å². The van der Waals surface area contributed by atoms with Crippen molar-refractivity contribution in [3.05, 3.63) is 117 Å². The number of aromatic nitrogens is 5. The minimum atomic E-state index is -0.540. The number of H-pyrrole nitrogens is 1. The maximum atomic E-state index is 13.9. The Balaban J connectivity index is 1.70. The van der Waals surface area contributed by atoms with E-state index < -0.39 is 6.04 Å². The molecule has 40 heavy (non-hydrogen) atoms. The maximum Gasteiger partial charge on any atom is 0.253 e. The third-order valence-electron chi connectivity index (χ3n) is 7.22. The van der Waals surface area contributed by atoms with Crippen LogP contribution in [0.15, 0.2) is 77.6 Å². The quantitative estimate of drug-likeness (QED) is 0.263. The molecule has 0 radical (unpaired) electrons. The number of rotatable bonds is 11. The topological polar surface area (TPSA) is 98.2 Å². The number of aromatic amines is 1. The fourth-order valence-corrected chi connectivity index (χ4v) is 5.06. The highest BCUT2D eigenvalue weighted by Crippen LogP contribution is 2.31. The van der Waals surface area contributed by atoms with Gasteiger partial charge in [-0.25, -0.2) is 4.68 Å². The number of hydrogen-bond acceptors (Lipinski definition) is 7. The van der Waals surface area contributed by atoms with Crippen molar-refractivity contribution in [2.45, 2.75) is 39.5 Å². The van der Waals surface area contributed by atoms with Gasteiger partial charge < -0.3 is 14.5 Å². The number of pyridine rings is 1. The zero-order valence-electron chi connectivity index (χ0n) is 23.3. The lowest BCUT2D eigenvalue weighted by Gasteiger charge is -2.31. The Bertz CT molecular complexity index is 1630. The van der Waals surface area contributed by atoms with E-state index in [2.05, 4.69) is 50.5 Å². The summed E-state index contributed by atoms with van der Waals surface area (Å²) in [6.07, 6.45) is 0. The van der Waals surface area contributed by atoms with E-state index in [1.807, 2.05) is 61.5 Å². The lowest BCUT2D eigenvalue weighted by molar-refractivity contribution is 0.169. The standard InChI is InChI=1S/C31H34N6O3/c1-21-10-11-22(2)28-26(21)18-27(31(38)32-28)29(30-33-34-35-37(30)16-17-39-3)36(19-23-8-6-5-7-9-23)20-24-12-14-25(40-4)15-13-24/h5-15,18,29H,16-17,19-20H2,1-4H3,(H,32,38)/t29-/m1/s1. The average Bonchev–Trinajstić information content (AvgIpc) is 3.43. The van der Waals surface area contributed by atoms with Crippen molar-refractivity contribution in [3.63, 3.8) is 0 Å². The summed E-state index contributed by atoms with van der Waals surface area (Å²) >= 11 is 0. The molecule has 0 fully saturated rings. The number of benzene rings is 3. The molecule has 0 aliphatic rings. The second-order valence-electron chi connectivity index (χ2n) is 9.94. The molecule has 9 nitrogen and oxygen atoms in total. The molecule has 0 spiro atoms. The number of aryl methyl sites for hydroxylation is 2. The largest absolute Gasteiger partial charge is 0.497 e. The Kier molecular flexibility index (Phi) is 8.33. The lowest BCUT2D eigenvalue weighted by atomic mass is 9.98. The van der Waals surface area contributed by atoms with Crippen LogP contribution in [0.2, 0.25) is 0 Å². The van der Waals surface area contributed by atoms with Crippen LogP contribution < -0.4 is 10.3 Å². The summed E-state index contributed by atoms with van der Waals surface area (Å²) in [6.45, 7) is 6.07. The Morgan fingerprint density at radius 2 is 1.62 bits per heavy atom. The third-order valence-corrected chi connectivity index (χ3v) is 7.22. The van der Waals surface area contributed by atoms with Gasteiger partial charge >= 0.3 is 0 Å². The molecule has 0 saturated carbocycles. The molecule has 0 saturated heterocycles. The van der Waals surface area contributed by atoms with Crippen LogP contribution in [0.3, 0.4) is 0 Å². The fourth-order valence-electron chi connectivity index (χ4n) is 5.06. The summed E-state index contributed by atoms with van der Waals surface area (Å²) in [5, 5.41) is 13.7. The number of ether oxygens (including phenoxy) is 2. The van der Waals surface area contributed by atoms with Gasteiger partial charge in [-0.15, -0.1) is 5.10 Å². The van der Waals surface area contributed by atoms with Crippen molar-refractivity contribution < 1.29 is 9.47 Å². The maximum absolute atomic E-state index is 13.9. The molecule has 1 N–H and O–H groups in total. The van der Waals surface area contributed by atoms with Crippen molar-refractivity contribution in [2.75, 3.05) is 20.8 Å². The highest BCUT2D eigenvalue weighted by atomic mass is 16.5. The van der Waals surface area contributed by atoms with Crippen molar-refractivity contribution in [2.24, 2.45) is 0 Å². The predicted molar refractivity (Wildman–Crippen MR) is 154 cm³/mol. The summed E-state index contributed by atoms with van der Waals surface area (Å²) in [7, 11) is 3.30. The van der Waals surface area contributed by atoms with Gasteiger partial charge in [0.1, 0.15) is 11.8 Å². The molecule has 5 rings (SSSR count). The highest BCUT2D eigenvalue weighted by Gasteiger charge is 2.31. The molecule has 2 heterocycles. The smallest absolute Gasteiger partial charge is 0.253 e. The van der Waals surface area contributed by atoms with Gasteiger partial charge in [0, 0.05) is 31.1 Å². The van der Waals surface area contributed by atoms with E-state index in [0.29, 0.717) is 37.6 Å². The molecule has 0 amide bonds. The molecule has 0 bridgehead atoms. The number of nitrogens with zero attached hydrogens (tertiary/aromatic N) is 5. The summed E-state index contributed by atoms with van der Waals surface area (Å²) in [4.78, 5) is 19.3. The second-order valence-corrected chi connectivity index (χ2v) is 9.94. The van der Waals surface area contributed by atoms with Gasteiger partial charge in [0.15, 0.2) is 5.82 Å². The van der Waals surface area contributed by atoms with Gasteiger partial charge in [-0.05, 0) is 64.7 Å². The molecule has 9 heteroatoms. The van der Waals surface area contributed by atoms with Crippen LogP contribution in [0, 0.1) is 13.8 Å². The molecular weight excluding hydrogens is 504 g/mol. The van der Waals surface area contributed by atoms with Crippen LogP contribution in [0.4, 0.5) is 0 Å². The molecule has 2 aromatic heterocycles. The van der Waals surface area contributed by atoms with Gasteiger partial charge in [-0.3, -0.25) is 9.69 Å². The van der Waals surface area contributed by atoms with Crippen molar-refractivity contribution >= 4 is 10.9 Å². The number of methoxy groups -OCH3 is 2. The van der Waals surface area contributed by atoms with Gasteiger partial charge in [-0.1, -0.05) is 54.6 Å². The van der Waals surface area contributed by atoms with Gasteiger partial charge in [0.25, 0.3) is 5.56 Å². The number of fused-ring (bicyclic) bond motifs is 1. The van der Waals surface area contributed by atoms with E-state index in [1.54, 1.807) is 18.9 Å². The monoisotopic (exact) mass is 538 g/mol. The van der Waals surface area contributed by atoms with Gasteiger partial charge in [0.2, 0.25) is 0 Å². The normalized spacial score (nSPS) is 12.2. The Labute approximate surface area is 233 Å². The summed E-state index contributed by atoms with van der Waals surface area (Å²) < 4.78 is 12.4. The minimum absolute atomic E-state index is 0.166. The van der Waals surface area contributed by atoms with Gasteiger partial charge in [0.05, 0.1) is 25.8 Å². The van der Waals surface area contributed by atoms with Crippen molar-refractivity contribution in [3.8, 4) is 5.75 Å². The van der Waals surface area contributed by atoms with Crippen molar-refractivity contribution in [1.29, 1.82) is 0 Å². The highest BCUT2D eigenvalue weighted by molar-refractivity contribution is 5.85. The first kappa shape index (κ1) is 27.2. The molecule has 3 aromatic carbocycles. The van der Waals surface area contributed by atoms with Crippen LogP contribution in [0.5, 0.6) is 5.75 Å². The van der Waals surface area contributed by atoms with E-state index in [0.717, 1.165) is 38.9 Å². The Morgan fingerprint density at radius 1 is 0.925 bits per heavy atom. The lowest BCUT2D eigenvalue weighted by Crippen LogP contribution is -2.35. The summed E-state index contributed by atoms with van der Waals surface area (Å²) in [6, 6.07) is 23.8. The second kappa shape index (κ2) is 12.2. The Hall–Kier alpha value is -4.34. The third kappa shape index (κ3) is 5.80. The average molecular weight is 539 g/mol. The van der Waals surface area contributed by atoms with Gasteiger partial charge in [-0.2, -0.15) is 0 Å². The molecule has 0 aliphatic heterocycles. The van der Waals surface area contributed by atoms with E-state index in [1.165, 1.54) is 0 Å². The van der Waals surface area contributed by atoms with Crippen molar-refractivity contribution in [1.82, 2.24) is 30.1 Å². The first-order chi connectivity index (χ1) is 19.5. The first-order valence-electron chi connectivity index (χ1n) is 13.3. The zero-order chi connectivity index (χ0) is 28.1. The van der Waals surface area contributed by atoms with E-state index in [4.69, 9.17) is 9.47 Å². The predicted octanol–water partition coefficient (Wildman–Crippen LogP) is 4.58. The fraction of sp³-hybridized carbons (Fsp3) is 0.290. The zero-order valence-corrected chi connectivity index (χ0v) is 23.3. The summed E-state index contributed by atoms with van der Waals surface area (Å²) in [5.41, 5.74) is 5.55. The van der Waals surface area contributed by atoms with E-state index >= 15 is 0 Å². The van der Waals surface area contributed by atoms with Crippen LogP contribution >= 0.6 is 0 Å². The van der Waals surface area contributed by atoms with Crippen LogP contribution in [-0.4, -0.2) is 50.9 Å². The SMILES string of the molecule is COCCn1nnnc1[C@@H](c1cc2c(C)ccc(C)c2[nH]c1=O)N(Cc1ccccc1)Cc1ccc(OC)cc1. The number of tetrazole rings is 1. The molecule has 0 aliphatic carbocycles. The molecule has 0 unspecified atom stereocenters. The molecule has 5 aromatic rings. The molecular formula is C31H34N6O3. The molecule has 206 valence electrons. The number of nitrogens with one attached hydrogen (secondary N) is 1. The molecule has 1 atom stereocenters. The van der Waals surface area contributed by atoms with E-state index in [9.17, 15) is 4.79 Å². The first-order valence-corrected chi connectivity index (χ1v) is 13.3.